The lowest BCUT2D eigenvalue weighted by atomic mass is 10.1. The maximum atomic E-state index is 12.3. The molecule has 1 amide bonds. The molecule has 0 fully saturated rings. The Labute approximate surface area is 186 Å². The van der Waals surface area contributed by atoms with Crippen molar-refractivity contribution in [3.63, 3.8) is 0 Å². The second kappa shape index (κ2) is 18.3. The van der Waals surface area contributed by atoms with Crippen molar-refractivity contribution in [3.05, 3.63) is 35.9 Å². The molecule has 0 saturated heterocycles. The zero-order valence-corrected chi connectivity index (χ0v) is 19.3. The van der Waals surface area contributed by atoms with Crippen LogP contribution in [-0.2, 0) is 20.7 Å². The highest BCUT2D eigenvalue weighted by Crippen LogP contribution is 2.05. The van der Waals surface area contributed by atoms with Crippen LogP contribution in [0.2, 0.25) is 0 Å². The Morgan fingerprint density at radius 2 is 1.87 bits per heavy atom. The molecule has 2 N–H and O–H groups in total. The SMILES string of the molecule is CCCCCCCC(=O)N[C@H](CCOCN(C)C)COCNCCc1ccccc1.[HH].[HH]. The molecule has 1 rings (SSSR count). The number of amides is 1. The predicted molar refractivity (Wildman–Crippen MR) is 128 cm³/mol. The Balaban J connectivity index is 0. The number of ether oxygens (including phenoxy) is 2. The third-order valence-electron chi connectivity index (χ3n) is 4.79. The first-order valence-corrected chi connectivity index (χ1v) is 11.5. The van der Waals surface area contributed by atoms with Gasteiger partial charge >= 0.3 is 0 Å². The second-order valence-corrected chi connectivity index (χ2v) is 8.09. The van der Waals surface area contributed by atoms with Crippen molar-refractivity contribution >= 4 is 5.91 Å². The van der Waals surface area contributed by atoms with Crippen molar-refractivity contribution < 1.29 is 17.1 Å². The zero-order valence-electron chi connectivity index (χ0n) is 19.3. The van der Waals surface area contributed by atoms with Crippen LogP contribution in [0.25, 0.3) is 0 Å². The van der Waals surface area contributed by atoms with Gasteiger partial charge in [0.15, 0.2) is 0 Å². The molecule has 176 valence electrons. The van der Waals surface area contributed by atoms with E-state index in [0.717, 1.165) is 32.2 Å². The maximum Gasteiger partial charge on any atom is 0.220 e. The van der Waals surface area contributed by atoms with Gasteiger partial charge in [-0.25, -0.2) is 0 Å². The Morgan fingerprint density at radius 1 is 1.10 bits per heavy atom. The monoisotopic (exact) mass is 425 g/mol. The fraction of sp³-hybridized carbons (Fsp3) is 0.708. The molecule has 0 aromatic heterocycles. The summed E-state index contributed by atoms with van der Waals surface area (Å²) < 4.78 is 11.4. The molecule has 30 heavy (non-hydrogen) atoms. The number of nitrogens with zero attached hydrogens (tertiary/aromatic N) is 1. The van der Waals surface area contributed by atoms with Gasteiger partial charge in [-0.2, -0.15) is 0 Å². The van der Waals surface area contributed by atoms with Crippen molar-refractivity contribution in [3.8, 4) is 0 Å². The molecule has 0 aliphatic heterocycles. The van der Waals surface area contributed by atoms with E-state index in [0.29, 0.717) is 33.1 Å². The van der Waals surface area contributed by atoms with Crippen molar-refractivity contribution in [2.45, 2.75) is 64.3 Å². The topological polar surface area (TPSA) is 62.8 Å². The van der Waals surface area contributed by atoms with Gasteiger partial charge in [-0.05, 0) is 38.9 Å². The number of hydrogen-bond acceptors (Lipinski definition) is 5. The molecule has 1 atom stereocenters. The average Bonchev–Trinajstić information content (AvgIpc) is 2.73. The van der Waals surface area contributed by atoms with Crippen LogP contribution in [0.15, 0.2) is 30.3 Å². The molecule has 1 aromatic carbocycles. The molecule has 0 spiro atoms. The van der Waals surface area contributed by atoms with Crippen LogP contribution in [-0.4, -0.2) is 64.2 Å². The standard InChI is InChI=1S/C24H43N3O3.2H2/c1-4-5-6-7-11-14-24(28)26-23(16-18-29-21-27(2)3)19-30-20-25-17-15-22-12-9-8-10-13-22;;/h8-10,12-13,23,25H,4-7,11,14-21H2,1-3H3,(H,26,28);2*1H/t23-;;/m1../s1. The lowest BCUT2D eigenvalue weighted by Crippen LogP contribution is -2.40. The van der Waals surface area contributed by atoms with Gasteiger partial charge in [0.05, 0.1) is 32.7 Å². The van der Waals surface area contributed by atoms with Gasteiger partial charge in [0, 0.05) is 15.8 Å². The molecule has 6 heteroatoms. The first-order chi connectivity index (χ1) is 14.6. The fourth-order valence-electron chi connectivity index (χ4n) is 3.08. The number of carbonyl (C=O) groups is 1. The Morgan fingerprint density at radius 3 is 2.60 bits per heavy atom. The van der Waals surface area contributed by atoms with Crippen LogP contribution in [0.5, 0.6) is 0 Å². The van der Waals surface area contributed by atoms with Gasteiger partial charge in [0.1, 0.15) is 0 Å². The Bertz CT molecular complexity index is 536. The van der Waals surface area contributed by atoms with Gasteiger partial charge in [-0.15, -0.1) is 0 Å². The van der Waals surface area contributed by atoms with E-state index in [1.54, 1.807) is 0 Å². The summed E-state index contributed by atoms with van der Waals surface area (Å²) in [6, 6.07) is 10.4. The van der Waals surface area contributed by atoms with E-state index in [9.17, 15) is 4.79 Å². The normalized spacial score (nSPS) is 12.3. The molecule has 0 aliphatic rings. The van der Waals surface area contributed by atoms with Crippen molar-refractivity contribution in [2.24, 2.45) is 0 Å². The Hall–Kier alpha value is -1.47. The summed E-state index contributed by atoms with van der Waals surface area (Å²) in [6.45, 7) is 5.22. The van der Waals surface area contributed by atoms with E-state index in [4.69, 9.17) is 9.47 Å². The smallest absolute Gasteiger partial charge is 0.220 e. The highest BCUT2D eigenvalue weighted by atomic mass is 16.5. The highest BCUT2D eigenvalue weighted by Gasteiger charge is 2.13. The lowest BCUT2D eigenvalue weighted by molar-refractivity contribution is -0.122. The number of carbonyl (C=O) groups excluding carboxylic acids is 1. The van der Waals surface area contributed by atoms with E-state index in [1.165, 1.54) is 24.8 Å². The van der Waals surface area contributed by atoms with E-state index in [2.05, 4.69) is 41.8 Å². The van der Waals surface area contributed by atoms with E-state index < -0.39 is 0 Å². The summed E-state index contributed by atoms with van der Waals surface area (Å²) in [4.78, 5) is 14.3. The van der Waals surface area contributed by atoms with Crippen molar-refractivity contribution in [1.82, 2.24) is 15.5 Å². The van der Waals surface area contributed by atoms with E-state index >= 15 is 0 Å². The summed E-state index contributed by atoms with van der Waals surface area (Å²) >= 11 is 0. The van der Waals surface area contributed by atoms with Gasteiger partial charge in [-0.3, -0.25) is 15.0 Å². The molecule has 1 aromatic rings. The average molecular weight is 426 g/mol. The minimum absolute atomic E-state index is 0. The first kappa shape index (κ1) is 26.6. The molecule has 0 unspecified atom stereocenters. The van der Waals surface area contributed by atoms with Crippen molar-refractivity contribution in [2.75, 3.05) is 47.3 Å². The van der Waals surface area contributed by atoms with Crippen LogP contribution < -0.4 is 10.6 Å². The minimum Gasteiger partial charge on any atom is -0.366 e. The predicted octanol–water partition coefficient (Wildman–Crippen LogP) is 4.06. The lowest BCUT2D eigenvalue weighted by Gasteiger charge is -2.20. The van der Waals surface area contributed by atoms with Crippen LogP contribution in [0, 0.1) is 0 Å². The largest absolute Gasteiger partial charge is 0.366 e. The number of rotatable bonds is 19. The van der Waals surface area contributed by atoms with Gasteiger partial charge in [0.2, 0.25) is 5.91 Å². The van der Waals surface area contributed by atoms with E-state index in [1.807, 2.05) is 25.1 Å². The molecular weight excluding hydrogens is 378 g/mol. The Kier molecular flexibility index (Phi) is 16.2. The molecule has 0 bridgehead atoms. The summed E-state index contributed by atoms with van der Waals surface area (Å²) in [5.74, 6) is 0.116. The second-order valence-electron chi connectivity index (χ2n) is 8.09. The van der Waals surface area contributed by atoms with Crippen LogP contribution >= 0.6 is 0 Å². The summed E-state index contributed by atoms with van der Waals surface area (Å²) in [5, 5.41) is 6.43. The number of unbranched alkanes of at least 4 members (excludes halogenated alkanes) is 4. The highest BCUT2D eigenvalue weighted by molar-refractivity contribution is 5.76. The molecule has 0 aliphatic carbocycles. The van der Waals surface area contributed by atoms with Gasteiger partial charge in [-0.1, -0.05) is 62.9 Å². The van der Waals surface area contributed by atoms with Crippen molar-refractivity contribution in [1.29, 1.82) is 0 Å². The fourth-order valence-corrected chi connectivity index (χ4v) is 3.08. The van der Waals surface area contributed by atoms with Crippen LogP contribution in [0.4, 0.5) is 0 Å². The van der Waals surface area contributed by atoms with Crippen LogP contribution in [0.1, 0.15) is 60.3 Å². The maximum absolute atomic E-state index is 12.3. The molecule has 6 nitrogen and oxygen atoms in total. The molecular formula is C24H47N3O3. The third-order valence-corrected chi connectivity index (χ3v) is 4.79. The number of nitrogens with one attached hydrogen (secondary N) is 2. The third kappa shape index (κ3) is 15.4. The summed E-state index contributed by atoms with van der Waals surface area (Å²) in [6.07, 6.45) is 8.07. The number of hydrogen-bond donors (Lipinski definition) is 2. The van der Waals surface area contributed by atoms with Gasteiger partial charge < -0.3 is 14.8 Å². The van der Waals surface area contributed by atoms with Gasteiger partial charge in [0.25, 0.3) is 0 Å². The number of benzene rings is 1. The minimum atomic E-state index is -0.0220. The quantitative estimate of drug-likeness (QED) is 0.259. The molecule has 0 heterocycles. The van der Waals surface area contributed by atoms with Crippen LogP contribution in [0.3, 0.4) is 0 Å². The zero-order chi connectivity index (χ0) is 21.9. The summed E-state index contributed by atoms with van der Waals surface area (Å²) in [7, 11) is 3.95. The summed E-state index contributed by atoms with van der Waals surface area (Å²) in [5.41, 5.74) is 1.31. The molecule has 0 radical (unpaired) electrons. The first-order valence-electron chi connectivity index (χ1n) is 11.5. The molecule has 0 saturated carbocycles. The van der Waals surface area contributed by atoms with E-state index in [-0.39, 0.29) is 14.8 Å².